The standard InChI is InChI=1S/C29H29N11O/c1-41-28-5-2-19(11-33-28)14-39-23-9-24(39)17-38(16-23)27-4-3-20(12-32-27)25-8-22(31-7-6-26-34-18-35-37-26)15-40-29(25)21(10-30)13-36-40/h2-5,8,11-13,15,18,23-24,31H,6-7,9,14,16-17H2,1H3,(H,34,35,37). The van der Waals surface area contributed by atoms with Gasteiger partial charge in [-0.3, -0.25) is 4.90 Å². The molecule has 3 aliphatic heterocycles. The topological polar surface area (TPSA) is 136 Å². The predicted molar refractivity (Wildman–Crippen MR) is 152 cm³/mol. The lowest BCUT2D eigenvalue weighted by Crippen LogP contribution is -2.68. The molecule has 2 N–H and O–H groups in total. The number of aromatic nitrogens is 7. The molecule has 12 heteroatoms. The fourth-order valence-electron chi connectivity index (χ4n) is 5.90. The molecule has 0 aliphatic carbocycles. The number of H-pyrrole nitrogens is 1. The number of aromatic amines is 1. The Morgan fingerprint density at radius 1 is 1.12 bits per heavy atom. The zero-order chi connectivity index (χ0) is 27.8. The van der Waals surface area contributed by atoms with E-state index in [0.29, 0.717) is 36.5 Å². The number of methoxy groups -OCH3 is 1. The second-order valence-corrected chi connectivity index (χ2v) is 10.5. The predicted octanol–water partition coefficient (Wildman–Crippen LogP) is 2.91. The van der Waals surface area contributed by atoms with Crippen molar-refractivity contribution in [2.75, 3.05) is 37.0 Å². The molecule has 41 heavy (non-hydrogen) atoms. The second kappa shape index (κ2) is 10.5. The first-order chi connectivity index (χ1) is 20.2. The summed E-state index contributed by atoms with van der Waals surface area (Å²) in [4.78, 5) is 17.2. The van der Waals surface area contributed by atoms with Crippen molar-refractivity contribution in [1.29, 1.82) is 5.26 Å². The molecule has 3 saturated heterocycles. The molecular formula is C29H29N11O. The smallest absolute Gasteiger partial charge is 0.212 e. The Morgan fingerprint density at radius 3 is 2.73 bits per heavy atom. The van der Waals surface area contributed by atoms with Crippen molar-refractivity contribution in [3.05, 3.63) is 78.4 Å². The van der Waals surface area contributed by atoms with Gasteiger partial charge in [0.2, 0.25) is 5.88 Å². The molecule has 0 spiro atoms. The summed E-state index contributed by atoms with van der Waals surface area (Å²) in [5.41, 5.74) is 5.24. The molecule has 0 radical (unpaired) electrons. The monoisotopic (exact) mass is 547 g/mol. The quantitative estimate of drug-likeness (QED) is 0.283. The van der Waals surface area contributed by atoms with Crippen LogP contribution in [0.2, 0.25) is 0 Å². The van der Waals surface area contributed by atoms with Crippen LogP contribution >= 0.6 is 0 Å². The third kappa shape index (κ3) is 4.81. The van der Waals surface area contributed by atoms with Crippen LogP contribution in [-0.2, 0) is 13.0 Å². The first-order valence-corrected chi connectivity index (χ1v) is 13.6. The molecule has 0 saturated carbocycles. The second-order valence-electron chi connectivity index (χ2n) is 10.5. The Bertz CT molecular complexity index is 1680. The lowest BCUT2D eigenvalue weighted by atomic mass is 9.87. The Hall–Kier alpha value is -5.02. The highest BCUT2D eigenvalue weighted by atomic mass is 16.5. The van der Waals surface area contributed by atoms with E-state index in [0.717, 1.165) is 53.6 Å². The number of piperidine rings is 1. The minimum atomic E-state index is 0.502. The fourth-order valence-corrected chi connectivity index (χ4v) is 5.90. The van der Waals surface area contributed by atoms with Gasteiger partial charge in [-0.2, -0.15) is 10.4 Å². The zero-order valence-electron chi connectivity index (χ0n) is 22.6. The molecule has 0 aromatic carbocycles. The Morgan fingerprint density at radius 2 is 2.02 bits per heavy atom. The normalized spacial score (nSPS) is 18.2. The molecule has 2 unspecified atom stereocenters. The van der Waals surface area contributed by atoms with Gasteiger partial charge >= 0.3 is 0 Å². The molecule has 3 aliphatic rings. The summed E-state index contributed by atoms with van der Waals surface area (Å²) >= 11 is 0. The van der Waals surface area contributed by atoms with Crippen LogP contribution < -0.4 is 15.0 Å². The van der Waals surface area contributed by atoms with Crippen molar-refractivity contribution in [2.24, 2.45) is 0 Å². The van der Waals surface area contributed by atoms with E-state index in [-0.39, 0.29) is 0 Å². The number of nitrogens with zero attached hydrogens (tertiary/aromatic N) is 9. The van der Waals surface area contributed by atoms with Crippen LogP contribution in [-0.4, -0.2) is 78.5 Å². The molecule has 12 nitrogen and oxygen atoms in total. The Labute approximate surface area is 236 Å². The maximum atomic E-state index is 9.72. The fraction of sp³-hybridized carbons (Fsp3) is 0.310. The van der Waals surface area contributed by atoms with Crippen LogP contribution in [0, 0.1) is 11.3 Å². The van der Waals surface area contributed by atoms with Crippen molar-refractivity contribution in [3.8, 4) is 23.1 Å². The van der Waals surface area contributed by atoms with Gasteiger partial charge in [0.25, 0.3) is 0 Å². The number of nitriles is 1. The van der Waals surface area contributed by atoms with Crippen molar-refractivity contribution < 1.29 is 4.74 Å². The highest BCUT2D eigenvalue weighted by Gasteiger charge is 2.44. The van der Waals surface area contributed by atoms with Crippen LogP contribution in [0.15, 0.2) is 61.4 Å². The van der Waals surface area contributed by atoms with E-state index in [2.05, 4.69) is 70.7 Å². The van der Waals surface area contributed by atoms with Crippen molar-refractivity contribution in [1.82, 2.24) is 39.7 Å². The van der Waals surface area contributed by atoms with E-state index in [9.17, 15) is 5.26 Å². The van der Waals surface area contributed by atoms with Crippen LogP contribution in [0.5, 0.6) is 5.88 Å². The molecule has 3 fully saturated rings. The minimum Gasteiger partial charge on any atom is -0.481 e. The van der Waals surface area contributed by atoms with Gasteiger partial charge in [0.1, 0.15) is 24.0 Å². The van der Waals surface area contributed by atoms with Crippen molar-refractivity contribution >= 4 is 17.0 Å². The summed E-state index contributed by atoms with van der Waals surface area (Å²) in [5.74, 6) is 2.43. The molecule has 2 atom stereocenters. The largest absolute Gasteiger partial charge is 0.481 e. The number of piperazine rings is 1. The first-order valence-electron chi connectivity index (χ1n) is 13.6. The molecule has 8 rings (SSSR count). The lowest BCUT2D eigenvalue weighted by molar-refractivity contribution is -0.00876. The average Bonchev–Trinajstić information content (AvgIpc) is 3.70. The van der Waals surface area contributed by atoms with E-state index in [1.54, 1.807) is 24.1 Å². The maximum Gasteiger partial charge on any atom is 0.212 e. The SMILES string of the molecule is COc1ccc(CN2C3CC2CN(c2ccc(-c4cc(NCCc5nnc[nH]5)cn5ncc(C#N)c45)cn2)C3)cn1. The Balaban J connectivity index is 1.07. The zero-order valence-corrected chi connectivity index (χ0v) is 22.6. The third-order valence-corrected chi connectivity index (χ3v) is 7.99. The van der Waals surface area contributed by atoms with Gasteiger partial charge < -0.3 is 19.9 Å². The van der Waals surface area contributed by atoms with E-state index < -0.39 is 0 Å². The summed E-state index contributed by atoms with van der Waals surface area (Å²) in [7, 11) is 1.64. The lowest BCUT2D eigenvalue weighted by Gasteiger charge is -2.56. The van der Waals surface area contributed by atoms with Crippen molar-refractivity contribution in [2.45, 2.75) is 31.5 Å². The molecule has 0 amide bonds. The van der Waals surface area contributed by atoms with Gasteiger partial charge in [-0.15, -0.1) is 10.2 Å². The number of anilines is 2. The van der Waals surface area contributed by atoms with Gasteiger partial charge in [0.05, 0.1) is 36.3 Å². The maximum absolute atomic E-state index is 9.72. The van der Waals surface area contributed by atoms with E-state index in [1.807, 2.05) is 24.7 Å². The number of pyridine rings is 3. The van der Waals surface area contributed by atoms with Gasteiger partial charge in [-0.25, -0.2) is 14.5 Å². The summed E-state index contributed by atoms with van der Waals surface area (Å²) in [6.45, 7) is 3.47. The van der Waals surface area contributed by atoms with Crippen LogP contribution in [0.1, 0.15) is 23.4 Å². The molecule has 2 bridgehead atoms. The molecular weight excluding hydrogens is 518 g/mol. The molecule has 5 aromatic heterocycles. The van der Waals surface area contributed by atoms with E-state index >= 15 is 0 Å². The van der Waals surface area contributed by atoms with Crippen LogP contribution in [0.3, 0.4) is 0 Å². The van der Waals surface area contributed by atoms with Gasteiger partial charge in [-0.05, 0) is 30.2 Å². The van der Waals surface area contributed by atoms with E-state index in [4.69, 9.17) is 9.72 Å². The highest BCUT2D eigenvalue weighted by molar-refractivity contribution is 5.86. The number of rotatable bonds is 9. The highest BCUT2D eigenvalue weighted by Crippen LogP contribution is 2.36. The molecule has 5 aromatic rings. The van der Waals surface area contributed by atoms with Crippen molar-refractivity contribution in [3.63, 3.8) is 0 Å². The summed E-state index contributed by atoms with van der Waals surface area (Å²) in [5, 5.41) is 25.5. The van der Waals surface area contributed by atoms with Crippen LogP contribution in [0.25, 0.3) is 16.6 Å². The summed E-state index contributed by atoms with van der Waals surface area (Å²) in [6.07, 6.45) is 10.8. The van der Waals surface area contributed by atoms with Crippen LogP contribution in [0.4, 0.5) is 11.5 Å². The molecule has 206 valence electrons. The number of hydrogen-bond acceptors (Lipinski definition) is 10. The third-order valence-electron chi connectivity index (χ3n) is 7.99. The average molecular weight is 548 g/mol. The van der Waals surface area contributed by atoms with E-state index in [1.165, 1.54) is 12.0 Å². The first kappa shape index (κ1) is 25.0. The minimum absolute atomic E-state index is 0.502. The molecule has 8 heterocycles. The number of ether oxygens (including phenoxy) is 1. The number of nitrogens with one attached hydrogen (secondary N) is 2. The van der Waals surface area contributed by atoms with Gasteiger partial charge in [0, 0.05) is 74.3 Å². The number of fused-ring (bicyclic) bond motifs is 3. The summed E-state index contributed by atoms with van der Waals surface area (Å²) in [6, 6.07) is 13.5. The Kier molecular flexibility index (Phi) is 6.41. The van der Waals surface area contributed by atoms with Gasteiger partial charge in [-0.1, -0.05) is 6.07 Å². The summed E-state index contributed by atoms with van der Waals surface area (Å²) < 4.78 is 6.94. The van der Waals surface area contributed by atoms with Gasteiger partial charge in [0.15, 0.2) is 0 Å². The number of hydrogen-bond donors (Lipinski definition) is 2.